The topological polar surface area (TPSA) is 75.7 Å². The van der Waals surface area contributed by atoms with Crippen molar-refractivity contribution in [2.24, 2.45) is 0 Å². The number of hydrogen-bond acceptors (Lipinski definition) is 4. The van der Waals surface area contributed by atoms with Crippen molar-refractivity contribution in [2.75, 3.05) is 25.5 Å². The summed E-state index contributed by atoms with van der Waals surface area (Å²) in [6, 6.07) is 14.6. The first kappa shape index (κ1) is 21.8. The molecule has 1 heterocycles. The van der Waals surface area contributed by atoms with Crippen molar-refractivity contribution in [1.29, 1.82) is 0 Å². The number of carbonyl (C=O) groups is 1. The fraction of sp³-hybridized carbons (Fsp3) is 0.458. The third kappa shape index (κ3) is 4.21. The van der Waals surface area contributed by atoms with Crippen LogP contribution < -0.4 is 10.1 Å². The van der Waals surface area contributed by atoms with Crippen LogP contribution in [0.3, 0.4) is 0 Å². The third-order valence-electron chi connectivity index (χ3n) is 6.59. The Morgan fingerprint density at radius 2 is 1.65 bits per heavy atom. The number of hydrogen-bond donors (Lipinski definition) is 1. The number of anilines is 1. The van der Waals surface area contributed by atoms with E-state index < -0.39 is 15.4 Å². The molecule has 166 valence electrons. The summed E-state index contributed by atoms with van der Waals surface area (Å²) in [5.41, 5.74) is 0.794. The summed E-state index contributed by atoms with van der Waals surface area (Å²) in [7, 11) is -2.09. The molecule has 2 fully saturated rings. The number of sulfonamides is 1. The fourth-order valence-corrected chi connectivity index (χ4v) is 6.37. The summed E-state index contributed by atoms with van der Waals surface area (Å²) in [5, 5.41) is 3.01. The Hall–Kier alpha value is -2.38. The normalized spacial score (nSPS) is 19.1. The van der Waals surface area contributed by atoms with Crippen molar-refractivity contribution in [3.63, 3.8) is 0 Å². The van der Waals surface area contributed by atoms with E-state index in [0.29, 0.717) is 24.5 Å². The van der Waals surface area contributed by atoms with Crippen LogP contribution in [-0.2, 0) is 20.2 Å². The molecule has 31 heavy (non-hydrogen) atoms. The second kappa shape index (κ2) is 9.01. The molecule has 0 radical (unpaired) electrons. The number of ether oxygens (including phenoxy) is 1. The van der Waals surface area contributed by atoms with Gasteiger partial charge in [0.05, 0.1) is 23.1 Å². The van der Waals surface area contributed by atoms with Gasteiger partial charge in [0.2, 0.25) is 15.9 Å². The average Bonchev–Trinajstić information content (AvgIpc) is 3.31. The Labute approximate surface area is 184 Å². The standard InChI is InChI=1S/C24H30N2O4S/c1-30-22-13-12-20(31(28,29)26-16-8-3-9-17-26)18-21(22)25-23(27)24(14-6-7-15-24)19-10-4-2-5-11-19/h2,4-5,10-13,18H,3,6-9,14-17H2,1H3,(H,25,27). The van der Waals surface area contributed by atoms with Crippen molar-refractivity contribution in [3.8, 4) is 5.75 Å². The second-order valence-electron chi connectivity index (χ2n) is 8.44. The molecule has 0 bridgehead atoms. The number of nitrogens with one attached hydrogen (secondary N) is 1. The summed E-state index contributed by atoms with van der Waals surface area (Å²) in [5.74, 6) is 0.342. The highest BCUT2D eigenvalue weighted by Crippen LogP contribution is 2.42. The summed E-state index contributed by atoms with van der Waals surface area (Å²) in [6.07, 6.45) is 6.33. The van der Waals surface area contributed by atoms with Gasteiger partial charge >= 0.3 is 0 Å². The van der Waals surface area contributed by atoms with Gasteiger partial charge in [-0.1, -0.05) is 49.6 Å². The molecular weight excluding hydrogens is 412 g/mol. The van der Waals surface area contributed by atoms with Gasteiger partial charge in [0.15, 0.2) is 0 Å². The number of benzene rings is 2. The highest BCUT2D eigenvalue weighted by atomic mass is 32.2. The zero-order valence-corrected chi connectivity index (χ0v) is 18.8. The van der Waals surface area contributed by atoms with Crippen LogP contribution in [0.5, 0.6) is 5.75 Å². The van der Waals surface area contributed by atoms with Gasteiger partial charge in [0.1, 0.15) is 5.75 Å². The molecule has 1 aliphatic carbocycles. The van der Waals surface area contributed by atoms with Gasteiger partial charge in [-0.25, -0.2) is 8.42 Å². The van der Waals surface area contributed by atoms with Gasteiger partial charge in [0, 0.05) is 13.1 Å². The molecule has 6 nitrogen and oxygen atoms in total. The molecule has 0 unspecified atom stereocenters. The van der Waals surface area contributed by atoms with Crippen LogP contribution in [0.1, 0.15) is 50.5 Å². The minimum Gasteiger partial charge on any atom is -0.495 e. The molecule has 0 atom stereocenters. The van der Waals surface area contributed by atoms with E-state index in [1.165, 1.54) is 17.5 Å². The van der Waals surface area contributed by atoms with E-state index in [4.69, 9.17) is 4.74 Å². The number of nitrogens with zero attached hydrogens (tertiary/aromatic N) is 1. The molecule has 7 heteroatoms. The first-order chi connectivity index (χ1) is 15.0. The minimum absolute atomic E-state index is 0.109. The first-order valence-corrected chi connectivity index (χ1v) is 12.5. The van der Waals surface area contributed by atoms with Crippen LogP contribution in [0, 0.1) is 0 Å². The maximum absolute atomic E-state index is 13.5. The van der Waals surface area contributed by atoms with Crippen molar-refractivity contribution >= 4 is 21.6 Å². The summed E-state index contributed by atoms with van der Waals surface area (Å²) < 4.78 is 33.2. The molecule has 2 aliphatic rings. The predicted octanol–water partition coefficient (Wildman–Crippen LogP) is 4.32. The Kier molecular flexibility index (Phi) is 6.34. The Bertz CT molecular complexity index is 1020. The van der Waals surface area contributed by atoms with E-state index in [1.807, 2.05) is 30.3 Å². The smallest absolute Gasteiger partial charge is 0.243 e. The van der Waals surface area contributed by atoms with E-state index in [1.54, 1.807) is 12.1 Å². The predicted molar refractivity (Wildman–Crippen MR) is 121 cm³/mol. The Balaban J connectivity index is 1.66. The SMILES string of the molecule is COc1ccc(S(=O)(=O)N2CCCCC2)cc1NC(=O)C1(c2ccccc2)CCCC1. The van der Waals surface area contributed by atoms with Gasteiger partial charge < -0.3 is 10.1 Å². The van der Waals surface area contributed by atoms with Crippen LogP contribution >= 0.6 is 0 Å². The van der Waals surface area contributed by atoms with Crippen molar-refractivity contribution in [2.45, 2.75) is 55.3 Å². The van der Waals surface area contributed by atoms with Crippen LogP contribution in [-0.4, -0.2) is 38.8 Å². The van der Waals surface area contributed by atoms with Crippen LogP contribution in [0.4, 0.5) is 5.69 Å². The quantitative estimate of drug-likeness (QED) is 0.723. The molecule has 1 aliphatic heterocycles. The molecule has 1 saturated carbocycles. The molecule has 1 amide bonds. The maximum atomic E-state index is 13.5. The zero-order chi connectivity index (χ0) is 21.9. The number of amides is 1. The highest BCUT2D eigenvalue weighted by molar-refractivity contribution is 7.89. The lowest BCUT2D eigenvalue weighted by Gasteiger charge is -2.29. The lowest BCUT2D eigenvalue weighted by atomic mass is 9.78. The summed E-state index contributed by atoms with van der Waals surface area (Å²) >= 11 is 0. The van der Waals surface area contributed by atoms with Crippen molar-refractivity contribution < 1.29 is 17.9 Å². The lowest BCUT2D eigenvalue weighted by molar-refractivity contribution is -0.121. The molecule has 0 aromatic heterocycles. The van der Waals surface area contributed by atoms with E-state index in [0.717, 1.165) is 50.5 Å². The third-order valence-corrected chi connectivity index (χ3v) is 8.48. The van der Waals surface area contributed by atoms with Crippen LogP contribution in [0.25, 0.3) is 0 Å². The highest BCUT2D eigenvalue weighted by Gasteiger charge is 2.43. The zero-order valence-electron chi connectivity index (χ0n) is 18.0. The lowest BCUT2D eigenvalue weighted by Crippen LogP contribution is -2.38. The van der Waals surface area contributed by atoms with Crippen LogP contribution in [0.15, 0.2) is 53.4 Å². The minimum atomic E-state index is -3.61. The van der Waals surface area contributed by atoms with Gasteiger partial charge in [-0.15, -0.1) is 0 Å². The fourth-order valence-electron chi connectivity index (χ4n) is 4.82. The van der Waals surface area contributed by atoms with E-state index in [9.17, 15) is 13.2 Å². The van der Waals surface area contributed by atoms with Crippen molar-refractivity contribution in [1.82, 2.24) is 4.31 Å². The molecule has 2 aromatic rings. The average molecular weight is 443 g/mol. The van der Waals surface area contributed by atoms with E-state index >= 15 is 0 Å². The molecule has 4 rings (SSSR count). The van der Waals surface area contributed by atoms with Crippen LogP contribution in [0.2, 0.25) is 0 Å². The van der Waals surface area contributed by atoms with Crippen molar-refractivity contribution in [3.05, 3.63) is 54.1 Å². The molecule has 0 spiro atoms. The Morgan fingerprint density at radius 1 is 0.968 bits per heavy atom. The summed E-state index contributed by atoms with van der Waals surface area (Å²) in [6.45, 7) is 1.07. The van der Waals surface area contributed by atoms with Gasteiger partial charge in [-0.2, -0.15) is 4.31 Å². The van der Waals surface area contributed by atoms with Gasteiger partial charge in [-0.3, -0.25) is 4.79 Å². The Morgan fingerprint density at radius 3 is 2.29 bits per heavy atom. The second-order valence-corrected chi connectivity index (χ2v) is 10.4. The summed E-state index contributed by atoms with van der Waals surface area (Å²) in [4.78, 5) is 13.7. The van der Waals surface area contributed by atoms with Gasteiger partial charge in [0.25, 0.3) is 0 Å². The largest absolute Gasteiger partial charge is 0.495 e. The number of rotatable bonds is 6. The van der Waals surface area contributed by atoms with E-state index in [2.05, 4.69) is 5.32 Å². The number of piperidine rings is 1. The molecule has 1 saturated heterocycles. The van der Waals surface area contributed by atoms with Gasteiger partial charge in [-0.05, 0) is 49.4 Å². The molecule has 2 aromatic carbocycles. The van der Waals surface area contributed by atoms with E-state index in [-0.39, 0.29) is 10.8 Å². The number of methoxy groups -OCH3 is 1. The monoisotopic (exact) mass is 442 g/mol. The molecular formula is C24H30N2O4S. The maximum Gasteiger partial charge on any atom is 0.243 e. The first-order valence-electron chi connectivity index (χ1n) is 11.0. The number of carbonyl (C=O) groups excluding carboxylic acids is 1. The molecule has 1 N–H and O–H groups in total.